The van der Waals surface area contributed by atoms with Crippen molar-refractivity contribution in [2.75, 3.05) is 102 Å². The molecule has 4 N–H and O–H groups in total. The zero-order chi connectivity index (χ0) is 28.5. The molecule has 2 rings (SSSR count). The molecule has 11 nitrogen and oxygen atoms in total. The number of nitrogens with two attached hydrogens (primary N) is 2. The van der Waals surface area contributed by atoms with Crippen LogP contribution in [0.15, 0.2) is 19.6 Å². The average molecular weight is 536 g/mol. The first-order valence-corrected chi connectivity index (χ1v) is 13.7. The molecule has 214 valence electrons. The second-order valence-corrected chi connectivity index (χ2v) is 12.2. The van der Waals surface area contributed by atoms with E-state index in [0.717, 1.165) is 73.9 Å². The second kappa shape index (κ2) is 14.1. The van der Waals surface area contributed by atoms with E-state index in [1.165, 1.54) is 0 Å². The third kappa shape index (κ3) is 9.70. The molecule has 0 aliphatic rings. The van der Waals surface area contributed by atoms with Crippen LogP contribution >= 0.6 is 0 Å². The molecule has 11 heteroatoms. The molecule has 0 amide bonds. The molecule has 38 heavy (non-hydrogen) atoms. The van der Waals surface area contributed by atoms with Crippen LogP contribution < -0.4 is 42.4 Å². The van der Waals surface area contributed by atoms with Crippen LogP contribution in [-0.2, 0) is 0 Å². The smallest absolute Gasteiger partial charge is 0.208 e. The van der Waals surface area contributed by atoms with Gasteiger partial charge in [-0.2, -0.15) is 0 Å². The van der Waals surface area contributed by atoms with Crippen molar-refractivity contribution in [3.05, 3.63) is 31.2 Å². The minimum atomic E-state index is -0.470. The van der Waals surface area contributed by atoms with Crippen LogP contribution in [-0.4, -0.2) is 116 Å². The molecule has 0 aliphatic heterocycles. The first-order chi connectivity index (χ1) is 17.7. The Labute approximate surface area is 226 Å². The Bertz CT molecular complexity index is 1190. The van der Waals surface area contributed by atoms with Gasteiger partial charge >= 0.3 is 0 Å². The lowest BCUT2D eigenvalue weighted by Gasteiger charge is -2.29. The van der Waals surface area contributed by atoms with Crippen molar-refractivity contribution in [1.29, 1.82) is 0 Å². The predicted octanol–water partition coefficient (Wildman–Crippen LogP) is -3.90. The van der Waals surface area contributed by atoms with Gasteiger partial charge in [-0.3, -0.25) is 19.6 Å². The molecule has 0 saturated carbocycles. The Morgan fingerprint density at radius 2 is 1.16 bits per heavy atom. The topological polar surface area (TPSA) is 141 Å². The lowest BCUT2D eigenvalue weighted by molar-refractivity contribution is -0.890. The maximum Gasteiger partial charge on any atom is 0.208 e. The highest BCUT2D eigenvalue weighted by atomic mass is 16.3. The van der Waals surface area contributed by atoms with E-state index in [1.54, 1.807) is 0 Å². The molecule has 0 aromatic heterocycles. The van der Waals surface area contributed by atoms with Gasteiger partial charge in [-0.1, -0.05) is 0 Å². The quantitative estimate of drug-likeness (QED) is 0.148. The van der Waals surface area contributed by atoms with Crippen molar-refractivity contribution in [2.45, 2.75) is 25.7 Å². The van der Waals surface area contributed by atoms with E-state index in [1.807, 2.05) is 24.7 Å². The summed E-state index contributed by atoms with van der Waals surface area (Å²) in [4.78, 5) is 34.9. The van der Waals surface area contributed by atoms with Gasteiger partial charge in [0.2, 0.25) is 10.9 Å². The third-order valence-corrected chi connectivity index (χ3v) is 6.76. The van der Waals surface area contributed by atoms with Crippen molar-refractivity contribution in [3.8, 4) is 11.5 Å². The molecule has 0 spiro atoms. The zero-order valence-corrected chi connectivity index (χ0v) is 24.5. The van der Waals surface area contributed by atoms with E-state index in [0.29, 0.717) is 35.2 Å². The predicted molar refractivity (Wildman–Crippen MR) is 145 cm³/mol. The molecular weight excluding hydrogens is 486 g/mol. The SMILES string of the molecule is CN(C)CCC[NH2+]c1c([O-])c(=O)c1=NCCC[N+](C)(C)CCCN=c1c([NH2+]CCC[N+](C)(C)C)c([O-])c1=O. The van der Waals surface area contributed by atoms with Gasteiger partial charge in [0.1, 0.15) is 0 Å². The molecule has 0 atom stereocenters. The average Bonchev–Trinajstić information content (AvgIpc) is 2.83. The fourth-order valence-electron chi connectivity index (χ4n) is 4.44. The molecule has 2 aromatic carbocycles. The highest BCUT2D eigenvalue weighted by molar-refractivity contribution is 5.49. The lowest BCUT2D eigenvalue weighted by Crippen LogP contribution is -2.82. The van der Waals surface area contributed by atoms with Gasteiger partial charge in [0.25, 0.3) is 0 Å². The Kier molecular flexibility index (Phi) is 11.8. The van der Waals surface area contributed by atoms with Gasteiger partial charge < -0.3 is 34.7 Å². The van der Waals surface area contributed by atoms with Gasteiger partial charge in [0, 0.05) is 56.8 Å². The fourth-order valence-corrected chi connectivity index (χ4v) is 4.44. The van der Waals surface area contributed by atoms with Crippen molar-refractivity contribution in [3.63, 3.8) is 0 Å². The molecular formula is C27H49N7O4+2. The monoisotopic (exact) mass is 535 g/mol. The van der Waals surface area contributed by atoms with Crippen LogP contribution in [0, 0.1) is 0 Å². The molecule has 0 saturated heterocycles. The number of quaternary nitrogens is 4. The van der Waals surface area contributed by atoms with Crippen molar-refractivity contribution in [2.24, 2.45) is 9.98 Å². The first-order valence-electron chi connectivity index (χ1n) is 13.7. The highest BCUT2D eigenvalue weighted by Gasteiger charge is 2.18. The maximum atomic E-state index is 12.0. The van der Waals surface area contributed by atoms with Crippen LogP contribution in [0.3, 0.4) is 0 Å². The lowest BCUT2D eigenvalue weighted by atomic mass is 10.2. The highest BCUT2D eigenvalue weighted by Crippen LogP contribution is 2.06. The van der Waals surface area contributed by atoms with E-state index in [-0.39, 0.29) is 0 Å². The number of rotatable bonds is 18. The normalized spacial score (nSPS) is 14.0. The zero-order valence-electron chi connectivity index (χ0n) is 24.5. The summed E-state index contributed by atoms with van der Waals surface area (Å²) in [7, 11) is 14.7. The van der Waals surface area contributed by atoms with Gasteiger partial charge in [0.15, 0.2) is 22.1 Å². The Morgan fingerprint density at radius 3 is 1.58 bits per heavy atom. The summed E-state index contributed by atoms with van der Waals surface area (Å²) in [5.41, 5.74) is 0.0280. The summed E-state index contributed by atoms with van der Waals surface area (Å²) in [5.74, 6) is -0.829. The van der Waals surface area contributed by atoms with E-state index in [2.05, 4.69) is 50.1 Å². The van der Waals surface area contributed by atoms with Crippen molar-refractivity contribution in [1.82, 2.24) is 4.90 Å². The Balaban J connectivity index is 1.77. The van der Waals surface area contributed by atoms with Crippen LogP contribution in [0.25, 0.3) is 0 Å². The minimum Gasteiger partial charge on any atom is -0.866 e. The van der Waals surface area contributed by atoms with Crippen LogP contribution in [0.5, 0.6) is 11.5 Å². The van der Waals surface area contributed by atoms with E-state index < -0.39 is 22.4 Å². The van der Waals surface area contributed by atoms with Crippen molar-refractivity contribution >= 4 is 11.4 Å². The number of hydrogen-bond donors (Lipinski definition) is 2. The van der Waals surface area contributed by atoms with E-state index in [4.69, 9.17) is 0 Å². The van der Waals surface area contributed by atoms with Crippen LogP contribution in [0.4, 0.5) is 11.4 Å². The molecule has 2 aromatic rings. The molecule has 0 aliphatic carbocycles. The summed E-state index contributed by atoms with van der Waals surface area (Å²) in [5, 5.41) is 28.3. The van der Waals surface area contributed by atoms with Gasteiger partial charge in [0.05, 0.1) is 68.0 Å². The molecule has 0 unspecified atom stereocenters. The first kappa shape index (κ1) is 31.8. The molecule has 0 fully saturated rings. The summed E-state index contributed by atoms with van der Waals surface area (Å²) >= 11 is 0. The molecule has 0 radical (unpaired) electrons. The van der Waals surface area contributed by atoms with Crippen LogP contribution in [0.1, 0.15) is 25.7 Å². The largest absolute Gasteiger partial charge is 0.866 e. The summed E-state index contributed by atoms with van der Waals surface area (Å²) in [6, 6.07) is 0. The minimum absolute atomic E-state index is 0.335. The van der Waals surface area contributed by atoms with Crippen LogP contribution in [0.2, 0.25) is 0 Å². The number of nitrogens with zero attached hydrogens (tertiary/aromatic N) is 5. The van der Waals surface area contributed by atoms with E-state index >= 15 is 0 Å². The fraction of sp³-hybridized carbons (Fsp3) is 0.704. The summed E-state index contributed by atoms with van der Waals surface area (Å²) in [6.45, 7) is 6.21. The summed E-state index contributed by atoms with van der Waals surface area (Å²) in [6.07, 6.45) is 3.49. The number of hydrogen-bond acceptors (Lipinski definition) is 7. The summed E-state index contributed by atoms with van der Waals surface area (Å²) < 4.78 is 1.63. The third-order valence-electron chi connectivity index (χ3n) is 6.76. The van der Waals surface area contributed by atoms with Gasteiger partial charge in [-0.05, 0) is 14.1 Å². The standard InChI is InChI=1S/C27H47N7O4/c1-32(2)16-8-12-28-20-21(25(36)24(20)35)30-14-10-18-34(6,7)19-11-15-31-23-22(26(37)27(23)38)29-13-9-17-33(3,4)5/h8-19H2,1-7H3,(H2-2,28,29,30,31,35,36,37,38)/p+2. The Hall–Kier alpha value is -2.44. The molecule has 0 bridgehead atoms. The van der Waals surface area contributed by atoms with E-state index in [9.17, 15) is 19.8 Å². The maximum absolute atomic E-state index is 12.0. The Morgan fingerprint density at radius 1 is 0.711 bits per heavy atom. The van der Waals surface area contributed by atoms with Gasteiger partial charge in [-0.15, -0.1) is 0 Å². The second-order valence-electron chi connectivity index (χ2n) is 12.2. The van der Waals surface area contributed by atoms with Crippen molar-refractivity contribution < 1.29 is 29.8 Å². The van der Waals surface area contributed by atoms with Gasteiger partial charge in [-0.25, -0.2) is 0 Å². The molecule has 0 heterocycles.